The zero-order valence-electron chi connectivity index (χ0n) is 17.8. The van der Waals surface area contributed by atoms with Crippen LogP contribution in [0.25, 0.3) is 0 Å². The first kappa shape index (κ1) is 22.2. The number of benzene rings is 2. The van der Waals surface area contributed by atoms with E-state index in [-0.39, 0.29) is 12.2 Å². The molecule has 6 nitrogen and oxygen atoms in total. The van der Waals surface area contributed by atoms with Crippen molar-refractivity contribution in [3.63, 3.8) is 0 Å². The van der Waals surface area contributed by atoms with Crippen LogP contribution in [0.15, 0.2) is 79.1 Å². The third-order valence-electron chi connectivity index (χ3n) is 6.24. The second-order valence-electron chi connectivity index (χ2n) is 8.22. The van der Waals surface area contributed by atoms with E-state index in [0.29, 0.717) is 17.5 Å². The number of carboxylic acids is 1. The highest BCUT2D eigenvalue weighted by molar-refractivity contribution is 7.90. The normalized spacial score (nSPS) is 21.5. The van der Waals surface area contributed by atoms with E-state index in [0.717, 1.165) is 11.1 Å². The summed E-state index contributed by atoms with van der Waals surface area (Å²) in [6, 6.07) is 19.8. The van der Waals surface area contributed by atoms with Crippen molar-refractivity contribution in [2.45, 2.75) is 42.3 Å². The number of fused-ring (bicyclic) bond motifs is 1. The number of pyridine rings is 1. The Balaban J connectivity index is 1.84. The summed E-state index contributed by atoms with van der Waals surface area (Å²) in [5, 5.41) is 12.5. The Morgan fingerprint density at radius 2 is 1.84 bits per heavy atom. The molecular weight excluding hydrogens is 424 g/mol. The van der Waals surface area contributed by atoms with Crippen LogP contribution in [-0.4, -0.2) is 30.0 Å². The molecule has 2 aromatic carbocycles. The van der Waals surface area contributed by atoms with E-state index in [1.165, 1.54) is 0 Å². The van der Waals surface area contributed by atoms with E-state index in [2.05, 4.69) is 10.3 Å². The lowest BCUT2D eigenvalue weighted by Crippen LogP contribution is -2.62. The smallest absolute Gasteiger partial charge is 0.324 e. The quantitative estimate of drug-likeness (QED) is 0.567. The molecule has 32 heavy (non-hydrogen) atoms. The molecule has 3 aromatic rings. The Morgan fingerprint density at radius 3 is 2.50 bits per heavy atom. The minimum Gasteiger partial charge on any atom is -0.480 e. The molecule has 166 valence electrons. The van der Waals surface area contributed by atoms with Crippen LogP contribution in [0.5, 0.6) is 0 Å². The minimum absolute atomic E-state index is 0.181. The number of nitrogens with zero attached hydrogens (tertiary/aromatic N) is 1. The molecule has 7 heteroatoms. The SMILES string of the molecule is CCC(c1cccnc1)[C@]1(C(=O)O)Cc2ccccc2C(S(=O)(=O)Cc2ccccc2)N1. The van der Waals surface area contributed by atoms with Gasteiger partial charge in [-0.3, -0.25) is 15.1 Å². The summed E-state index contributed by atoms with van der Waals surface area (Å²) in [5.41, 5.74) is 1.29. The Hall–Kier alpha value is -3.03. The summed E-state index contributed by atoms with van der Waals surface area (Å²) in [4.78, 5) is 17.0. The van der Waals surface area contributed by atoms with Crippen LogP contribution >= 0.6 is 0 Å². The third-order valence-corrected chi connectivity index (χ3v) is 8.06. The number of aromatic nitrogens is 1. The monoisotopic (exact) mass is 450 g/mol. The third kappa shape index (κ3) is 4.06. The first-order chi connectivity index (χ1) is 15.4. The average Bonchev–Trinajstić information content (AvgIpc) is 2.80. The minimum atomic E-state index is -3.77. The molecule has 0 bridgehead atoms. The summed E-state index contributed by atoms with van der Waals surface area (Å²) in [6.07, 6.45) is 4.00. The van der Waals surface area contributed by atoms with Gasteiger partial charge in [0.15, 0.2) is 9.84 Å². The standard InChI is InChI=1S/C25H26N2O4S/c1-2-22(20-12-8-14-26-16-20)25(24(28)29)15-19-11-6-7-13-21(19)23(27-25)32(30,31)17-18-9-4-3-5-10-18/h3-14,16,22-23,27H,2,15,17H2,1H3,(H,28,29)/t22?,23?,25-/m0/s1. The largest absolute Gasteiger partial charge is 0.480 e. The Labute approximate surface area is 188 Å². The van der Waals surface area contributed by atoms with Crippen molar-refractivity contribution in [2.75, 3.05) is 0 Å². The lowest BCUT2D eigenvalue weighted by atomic mass is 9.71. The summed E-state index contributed by atoms with van der Waals surface area (Å²) in [5.74, 6) is -1.71. The molecule has 2 heterocycles. The van der Waals surface area contributed by atoms with Crippen LogP contribution in [0.1, 0.15) is 46.9 Å². The van der Waals surface area contributed by atoms with Crippen molar-refractivity contribution in [1.82, 2.24) is 10.3 Å². The number of carboxylic acid groups (broad SMARTS) is 1. The molecule has 2 N–H and O–H groups in total. The van der Waals surface area contributed by atoms with E-state index in [4.69, 9.17) is 0 Å². The summed E-state index contributed by atoms with van der Waals surface area (Å²) < 4.78 is 27.2. The van der Waals surface area contributed by atoms with Gasteiger partial charge in [0.25, 0.3) is 0 Å². The highest BCUT2D eigenvalue weighted by Gasteiger charge is 2.52. The van der Waals surface area contributed by atoms with Gasteiger partial charge in [0.1, 0.15) is 10.9 Å². The van der Waals surface area contributed by atoms with Gasteiger partial charge in [-0.25, -0.2) is 8.42 Å². The van der Waals surface area contributed by atoms with Crippen LogP contribution in [-0.2, 0) is 26.8 Å². The van der Waals surface area contributed by atoms with Crippen LogP contribution in [0.2, 0.25) is 0 Å². The average molecular weight is 451 g/mol. The lowest BCUT2D eigenvalue weighted by Gasteiger charge is -2.44. The van der Waals surface area contributed by atoms with Crippen LogP contribution < -0.4 is 5.32 Å². The molecule has 0 fully saturated rings. The molecule has 0 amide bonds. The van der Waals surface area contributed by atoms with Gasteiger partial charge in [-0.2, -0.15) is 0 Å². The van der Waals surface area contributed by atoms with E-state index in [1.54, 1.807) is 54.9 Å². The van der Waals surface area contributed by atoms with Gasteiger partial charge < -0.3 is 5.11 Å². The van der Waals surface area contributed by atoms with Crippen molar-refractivity contribution in [1.29, 1.82) is 0 Å². The maximum atomic E-state index is 13.6. The van der Waals surface area contributed by atoms with Crippen LogP contribution in [0.4, 0.5) is 0 Å². The van der Waals surface area contributed by atoms with Crippen molar-refractivity contribution in [2.24, 2.45) is 0 Å². The molecule has 4 rings (SSSR count). The van der Waals surface area contributed by atoms with Crippen LogP contribution in [0, 0.1) is 0 Å². The highest BCUT2D eigenvalue weighted by Crippen LogP contribution is 2.43. The second-order valence-corrected chi connectivity index (χ2v) is 10.3. The fraction of sp³-hybridized carbons (Fsp3) is 0.280. The van der Waals surface area contributed by atoms with Gasteiger partial charge in [-0.1, -0.05) is 67.6 Å². The first-order valence-corrected chi connectivity index (χ1v) is 12.3. The van der Waals surface area contributed by atoms with Gasteiger partial charge in [0.2, 0.25) is 0 Å². The number of rotatable bonds is 7. The summed E-state index contributed by atoms with van der Waals surface area (Å²) >= 11 is 0. The van der Waals surface area contributed by atoms with Crippen molar-refractivity contribution < 1.29 is 18.3 Å². The molecule has 2 unspecified atom stereocenters. The fourth-order valence-electron chi connectivity index (χ4n) is 4.75. The predicted octanol–water partition coefficient (Wildman–Crippen LogP) is 3.86. The first-order valence-electron chi connectivity index (χ1n) is 10.6. The highest BCUT2D eigenvalue weighted by atomic mass is 32.2. The summed E-state index contributed by atoms with van der Waals surface area (Å²) in [7, 11) is -3.77. The molecule has 3 atom stereocenters. The molecule has 0 saturated heterocycles. The molecule has 1 aromatic heterocycles. The second kappa shape index (κ2) is 8.84. The molecule has 0 aliphatic carbocycles. The number of carbonyl (C=O) groups is 1. The van der Waals surface area contributed by atoms with Crippen molar-refractivity contribution in [3.05, 3.63) is 101 Å². The van der Waals surface area contributed by atoms with Crippen LogP contribution in [0.3, 0.4) is 0 Å². The number of hydrogen-bond donors (Lipinski definition) is 2. The molecule has 0 radical (unpaired) electrons. The Bertz CT molecular complexity index is 1200. The maximum absolute atomic E-state index is 13.6. The van der Waals surface area contributed by atoms with E-state index < -0.39 is 32.6 Å². The van der Waals surface area contributed by atoms with Crippen molar-refractivity contribution >= 4 is 15.8 Å². The van der Waals surface area contributed by atoms with Gasteiger partial charge >= 0.3 is 5.97 Å². The number of sulfone groups is 1. The molecular formula is C25H26N2O4S. The fourth-order valence-corrected chi connectivity index (χ4v) is 6.58. The zero-order valence-corrected chi connectivity index (χ0v) is 18.6. The maximum Gasteiger partial charge on any atom is 0.324 e. The Morgan fingerprint density at radius 1 is 1.12 bits per heavy atom. The lowest BCUT2D eigenvalue weighted by molar-refractivity contribution is -0.146. The molecule has 1 aliphatic rings. The number of nitrogens with one attached hydrogen (secondary N) is 1. The molecule has 0 saturated carbocycles. The summed E-state index contributed by atoms with van der Waals surface area (Å²) in [6.45, 7) is 1.91. The number of aliphatic carboxylic acids is 1. The molecule has 0 spiro atoms. The van der Waals surface area contributed by atoms with E-state index >= 15 is 0 Å². The molecule has 1 aliphatic heterocycles. The van der Waals surface area contributed by atoms with Gasteiger partial charge in [-0.15, -0.1) is 0 Å². The van der Waals surface area contributed by atoms with Gasteiger partial charge in [-0.05, 0) is 34.7 Å². The van der Waals surface area contributed by atoms with Gasteiger partial charge in [0.05, 0.1) is 5.75 Å². The Kier molecular flexibility index (Phi) is 6.13. The zero-order chi connectivity index (χ0) is 22.8. The topological polar surface area (TPSA) is 96.4 Å². The predicted molar refractivity (Wildman–Crippen MR) is 123 cm³/mol. The van der Waals surface area contributed by atoms with E-state index in [9.17, 15) is 18.3 Å². The number of hydrogen-bond acceptors (Lipinski definition) is 5. The van der Waals surface area contributed by atoms with Crippen molar-refractivity contribution in [3.8, 4) is 0 Å². The van der Waals surface area contributed by atoms with E-state index in [1.807, 2.05) is 31.2 Å². The van der Waals surface area contributed by atoms with Gasteiger partial charge in [0, 0.05) is 24.7 Å².